The second-order valence-electron chi connectivity index (χ2n) is 14.3. The minimum absolute atomic E-state index is 0.0120. The number of unbranched alkanes of at least 4 members (excludes halogenated alkanes) is 19. The van der Waals surface area contributed by atoms with Crippen molar-refractivity contribution in [3.63, 3.8) is 0 Å². The standard InChI is InChI=1S/C42H72N2O4S6/c1-5-8-10-12-14-16-18-20-22-26-33-51-40(49)53-36(28-7-3)39(46)48-38(29-24-25-32-43)47-37(45)30-31-42(4,35-44)54-41(50)52-34-27-23-21-19-17-15-13-11-9-6-2/h36,38H,5-31,33-34H2,1-4H3. The van der Waals surface area contributed by atoms with Gasteiger partial charge in [0.25, 0.3) is 0 Å². The highest BCUT2D eigenvalue weighted by molar-refractivity contribution is 8.48. The molecule has 0 aromatic rings. The van der Waals surface area contributed by atoms with Crippen molar-refractivity contribution in [3.8, 4) is 12.1 Å². The number of hydrogen-bond donors (Lipinski definition) is 0. The van der Waals surface area contributed by atoms with Crippen molar-refractivity contribution >= 4 is 90.5 Å². The van der Waals surface area contributed by atoms with Crippen LogP contribution in [0.15, 0.2) is 0 Å². The van der Waals surface area contributed by atoms with Gasteiger partial charge in [-0.3, -0.25) is 9.59 Å². The molecule has 0 fully saturated rings. The smallest absolute Gasteiger partial charge is 0.322 e. The molecule has 0 bridgehead atoms. The number of nitrogens with zero attached hydrogens (tertiary/aromatic N) is 2. The fourth-order valence-electron chi connectivity index (χ4n) is 5.71. The van der Waals surface area contributed by atoms with Gasteiger partial charge in [-0.25, -0.2) is 0 Å². The molecule has 0 aliphatic carbocycles. The van der Waals surface area contributed by atoms with Gasteiger partial charge in [-0.1, -0.05) is 191 Å². The van der Waals surface area contributed by atoms with Crippen LogP contribution >= 0.6 is 71.5 Å². The van der Waals surface area contributed by atoms with Gasteiger partial charge >= 0.3 is 11.9 Å². The van der Waals surface area contributed by atoms with Crippen molar-refractivity contribution in [3.05, 3.63) is 0 Å². The van der Waals surface area contributed by atoms with E-state index in [1.165, 1.54) is 139 Å². The second-order valence-corrected chi connectivity index (χ2v) is 21.6. The maximum Gasteiger partial charge on any atom is 0.322 e. The molecule has 0 spiro atoms. The van der Waals surface area contributed by atoms with Crippen LogP contribution in [0.2, 0.25) is 0 Å². The van der Waals surface area contributed by atoms with E-state index in [9.17, 15) is 14.9 Å². The van der Waals surface area contributed by atoms with Gasteiger partial charge in [-0.05, 0) is 50.5 Å². The molecule has 3 atom stereocenters. The minimum Gasteiger partial charge on any atom is -0.425 e. The lowest BCUT2D eigenvalue weighted by Crippen LogP contribution is -2.31. The number of carbonyl (C=O) groups is 2. The van der Waals surface area contributed by atoms with Gasteiger partial charge in [0.05, 0.1) is 12.1 Å². The highest BCUT2D eigenvalue weighted by Gasteiger charge is 2.30. The average Bonchev–Trinajstić information content (AvgIpc) is 3.15. The summed E-state index contributed by atoms with van der Waals surface area (Å²) in [5.74, 6) is 0.869. The van der Waals surface area contributed by atoms with Crippen molar-refractivity contribution in [1.29, 1.82) is 10.5 Å². The quantitative estimate of drug-likeness (QED) is 0.0262. The van der Waals surface area contributed by atoms with Crippen LogP contribution in [-0.2, 0) is 19.1 Å². The Balaban J connectivity index is 4.70. The summed E-state index contributed by atoms with van der Waals surface area (Å²) in [6.07, 6.45) is 27.2. The molecule has 0 amide bonds. The summed E-state index contributed by atoms with van der Waals surface area (Å²) in [6.45, 7) is 8.31. The van der Waals surface area contributed by atoms with Crippen LogP contribution < -0.4 is 0 Å². The molecule has 12 heteroatoms. The monoisotopic (exact) mass is 860 g/mol. The molecular weight excluding hydrogens is 789 g/mol. The third kappa shape index (κ3) is 32.6. The molecule has 0 aromatic heterocycles. The highest BCUT2D eigenvalue weighted by atomic mass is 32.2. The number of carbonyl (C=O) groups excluding carboxylic acids is 2. The van der Waals surface area contributed by atoms with Crippen LogP contribution in [0.1, 0.15) is 201 Å². The molecule has 0 rings (SSSR count). The molecule has 310 valence electrons. The van der Waals surface area contributed by atoms with Crippen molar-refractivity contribution in [2.45, 2.75) is 217 Å². The van der Waals surface area contributed by atoms with Crippen LogP contribution in [0.25, 0.3) is 0 Å². The Labute approximate surface area is 358 Å². The fourth-order valence-corrected chi connectivity index (χ4v) is 11.4. The van der Waals surface area contributed by atoms with E-state index < -0.39 is 28.2 Å². The Morgan fingerprint density at radius 1 is 0.648 bits per heavy atom. The van der Waals surface area contributed by atoms with E-state index in [4.69, 9.17) is 39.2 Å². The fraction of sp³-hybridized carbons (Fsp3) is 0.857. The first-order valence-corrected chi connectivity index (χ1v) is 25.5. The summed E-state index contributed by atoms with van der Waals surface area (Å²) in [5, 5.41) is 18.5. The summed E-state index contributed by atoms with van der Waals surface area (Å²) in [4.78, 5) is 26.3. The van der Waals surface area contributed by atoms with Gasteiger partial charge in [0.2, 0.25) is 6.29 Å². The molecule has 0 aliphatic rings. The summed E-state index contributed by atoms with van der Waals surface area (Å²) >= 11 is 17.2. The van der Waals surface area contributed by atoms with Crippen LogP contribution in [0.3, 0.4) is 0 Å². The average molecular weight is 861 g/mol. The number of hydrogen-bond acceptors (Lipinski definition) is 12. The summed E-state index contributed by atoms with van der Waals surface area (Å²) < 4.78 is 12.0. The first-order chi connectivity index (χ1) is 26.1. The lowest BCUT2D eigenvalue weighted by atomic mass is 10.1. The predicted octanol–water partition coefficient (Wildman–Crippen LogP) is 14.7. The Morgan fingerprint density at radius 2 is 1.13 bits per heavy atom. The number of esters is 2. The van der Waals surface area contributed by atoms with E-state index in [0.717, 1.165) is 34.3 Å². The molecular formula is C42H72N2O4S6. The van der Waals surface area contributed by atoms with Gasteiger partial charge < -0.3 is 9.47 Å². The molecule has 0 heterocycles. The van der Waals surface area contributed by atoms with E-state index in [2.05, 4.69) is 26.0 Å². The van der Waals surface area contributed by atoms with Crippen molar-refractivity contribution in [1.82, 2.24) is 0 Å². The van der Waals surface area contributed by atoms with Gasteiger partial charge in [-0.15, -0.1) is 23.5 Å². The molecule has 0 aromatic carbocycles. The van der Waals surface area contributed by atoms with E-state index in [0.29, 0.717) is 16.4 Å². The number of nitriles is 2. The zero-order valence-electron chi connectivity index (χ0n) is 34.1. The van der Waals surface area contributed by atoms with Crippen molar-refractivity contribution in [2.24, 2.45) is 0 Å². The van der Waals surface area contributed by atoms with Crippen molar-refractivity contribution in [2.75, 3.05) is 11.5 Å². The number of ether oxygens (including phenoxy) is 2. The molecule has 0 saturated heterocycles. The Kier molecular flexibility index (Phi) is 37.7. The van der Waals surface area contributed by atoms with E-state index in [1.54, 1.807) is 30.4 Å². The maximum absolute atomic E-state index is 13.3. The summed E-state index contributed by atoms with van der Waals surface area (Å²) in [7, 11) is 0. The Bertz CT molecular complexity index is 1080. The van der Waals surface area contributed by atoms with E-state index >= 15 is 0 Å². The van der Waals surface area contributed by atoms with E-state index in [1.807, 2.05) is 6.92 Å². The van der Waals surface area contributed by atoms with Crippen LogP contribution in [0.5, 0.6) is 0 Å². The Morgan fingerprint density at radius 3 is 1.59 bits per heavy atom. The largest absolute Gasteiger partial charge is 0.425 e. The predicted molar refractivity (Wildman–Crippen MR) is 246 cm³/mol. The Hall–Kier alpha value is -0.500. The molecule has 0 saturated carbocycles. The maximum atomic E-state index is 13.3. The lowest BCUT2D eigenvalue weighted by Gasteiger charge is -2.23. The topological polar surface area (TPSA) is 100 Å². The molecule has 0 radical (unpaired) electrons. The van der Waals surface area contributed by atoms with Crippen LogP contribution in [0.4, 0.5) is 0 Å². The first-order valence-electron chi connectivity index (χ1n) is 21.0. The summed E-state index contributed by atoms with van der Waals surface area (Å²) in [5.41, 5.74) is 0. The van der Waals surface area contributed by atoms with E-state index in [-0.39, 0.29) is 25.7 Å². The van der Waals surface area contributed by atoms with Gasteiger partial charge in [-0.2, -0.15) is 10.5 Å². The molecule has 0 aliphatic heterocycles. The third-order valence-electron chi connectivity index (χ3n) is 9.08. The third-order valence-corrected chi connectivity index (χ3v) is 14.8. The van der Waals surface area contributed by atoms with Gasteiger partial charge in [0.1, 0.15) is 17.1 Å². The number of thioether (sulfide) groups is 4. The lowest BCUT2D eigenvalue weighted by molar-refractivity contribution is -0.188. The summed E-state index contributed by atoms with van der Waals surface area (Å²) in [6, 6.07) is 4.43. The SMILES string of the molecule is CCCCCCCCCCCCSC(=S)SC(CCC)C(=O)OC(CCCC#N)OC(=O)CCC(C)(C#N)SC(=S)SCCCCCCCCCCCC. The first kappa shape index (κ1) is 53.5. The van der Waals surface area contributed by atoms with Gasteiger partial charge in [0, 0.05) is 19.3 Å². The van der Waals surface area contributed by atoms with Crippen LogP contribution in [-0.4, -0.2) is 46.8 Å². The number of rotatable bonds is 35. The molecule has 3 unspecified atom stereocenters. The highest BCUT2D eigenvalue weighted by Crippen LogP contribution is 2.35. The normalized spacial score (nSPS) is 13.3. The molecule has 6 nitrogen and oxygen atoms in total. The minimum atomic E-state index is -1.09. The van der Waals surface area contributed by atoms with Crippen molar-refractivity contribution < 1.29 is 19.1 Å². The van der Waals surface area contributed by atoms with Crippen LogP contribution in [0, 0.1) is 22.7 Å². The molecule has 0 N–H and O–H groups in total. The zero-order chi connectivity index (χ0) is 40.1. The number of thiocarbonyl (C=S) groups is 2. The zero-order valence-corrected chi connectivity index (χ0v) is 39.0. The van der Waals surface area contributed by atoms with Gasteiger partial charge in [0.15, 0.2) is 0 Å². The second kappa shape index (κ2) is 38.0. The molecule has 54 heavy (non-hydrogen) atoms.